The number of benzene rings is 2. The Kier molecular flexibility index (Phi) is 10.1. The molecule has 0 aliphatic rings. The molecule has 0 aliphatic heterocycles. The van der Waals surface area contributed by atoms with Crippen molar-refractivity contribution in [1.29, 1.82) is 0 Å². The van der Waals surface area contributed by atoms with Gasteiger partial charge in [0.15, 0.2) is 0 Å². The molecule has 0 saturated heterocycles. The van der Waals surface area contributed by atoms with E-state index in [1.165, 1.54) is 17.8 Å². The van der Waals surface area contributed by atoms with Gasteiger partial charge in [-0.15, -0.1) is 11.8 Å². The molecule has 0 aliphatic carbocycles. The van der Waals surface area contributed by atoms with Crippen molar-refractivity contribution in [3.8, 4) is 0 Å². The number of carbonyl (C=O) groups is 2. The highest BCUT2D eigenvalue weighted by Crippen LogP contribution is 2.24. The molecule has 0 spiro atoms. The van der Waals surface area contributed by atoms with E-state index in [0.717, 1.165) is 0 Å². The number of thioether (sulfide) groups is 1. The lowest BCUT2D eigenvalue weighted by Gasteiger charge is -2.31. The van der Waals surface area contributed by atoms with Crippen LogP contribution in [0.4, 0.5) is 4.39 Å². The third-order valence-corrected chi connectivity index (χ3v) is 6.17. The van der Waals surface area contributed by atoms with E-state index in [1.807, 2.05) is 20.8 Å². The molecule has 168 valence electrons. The van der Waals surface area contributed by atoms with E-state index in [0.29, 0.717) is 33.3 Å². The molecule has 2 aromatic carbocycles. The van der Waals surface area contributed by atoms with E-state index in [-0.39, 0.29) is 36.0 Å². The minimum Gasteiger partial charge on any atom is -0.352 e. The molecular weight excluding hydrogens is 458 g/mol. The summed E-state index contributed by atoms with van der Waals surface area (Å²) in [7, 11) is 0. The number of nitrogens with zero attached hydrogens (tertiary/aromatic N) is 1. The van der Waals surface area contributed by atoms with Gasteiger partial charge in [-0.3, -0.25) is 9.59 Å². The molecule has 8 heteroatoms. The largest absolute Gasteiger partial charge is 0.352 e. The number of hydrogen-bond acceptors (Lipinski definition) is 3. The molecule has 0 heterocycles. The summed E-state index contributed by atoms with van der Waals surface area (Å²) in [6, 6.07) is 10.9. The van der Waals surface area contributed by atoms with Gasteiger partial charge in [0.1, 0.15) is 11.9 Å². The zero-order chi connectivity index (χ0) is 23.0. The van der Waals surface area contributed by atoms with Crippen LogP contribution in [-0.4, -0.2) is 34.6 Å². The van der Waals surface area contributed by atoms with Gasteiger partial charge in [0.05, 0.1) is 5.75 Å². The molecule has 0 bridgehead atoms. The number of amides is 2. The Morgan fingerprint density at radius 2 is 1.84 bits per heavy atom. The van der Waals surface area contributed by atoms with Crippen molar-refractivity contribution in [2.24, 2.45) is 0 Å². The summed E-state index contributed by atoms with van der Waals surface area (Å²) in [6.07, 6.45) is 0.452. The molecule has 1 N–H and O–H groups in total. The van der Waals surface area contributed by atoms with Crippen LogP contribution < -0.4 is 5.32 Å². The highest BCUT2D eigenvalue weighted by molar-refractivity contribution is 7.99. The molecular formula is C23H27Cl2FN2O2S. The molecule has 2 rings (SSSR count). The van der Waals surface area contributed by atoms with Gasteiger partial charge in [0.25, 0.3) is 0 Å². The maximum atomic E-state index is 13.9. The Morgan fingerprint density at radius 1 is 1.13 bits per heavy atom. The molecule has 1 atom stereocenters. The van der Waals surface area contributed by atoms with Crippen LogP contribution >= 0.6 is 35.0 Å². The summed E-state index contributed by atoms with van der Waals surface area (Å²) >= 11 is 13.6. The third-order valence-electron chi connectivity index (χ3n) is 4.61. The van der Waals surface area contributed by atoms with Crippen LogP contribution in [0.25, 0.3) is 0 Å². The molecule has 0 saturated carbocycles. The number of halogens is 3. The van der Waals surface area contributed by atoms with Gasteiger partial charge >= 0.3 is 0 Å². The Hall–Kier alpha value is -1.76. The summed E-state index contributed by atoms with van der Waals surface area (Å²) in [5.41, 5.74) is 1.24. The molecule has 31 heavy (non-hydrogen) atoms. The second kappa shape index (κ2) is 12.3. The van der Waals surface area contributed by atoms with Crippen LogP contribution in [-0.2, 0) is 21.9 Å². The van der Waals surface area contributed by atoms with Crippen LogP contribution in [0.5, 0.6) is 0 Å². The predicted molar refractivity (Wildman–Crippen MR) is 127 cm³/mol. The lowest BCUT2D eigenvalue weighted by molar-refractivity contribution is -0.139. The molecule has 1 unspecified atom stereocenters. The van der Waals surface area contributed by atoms with E-state index in [4.69, 9.17) is 23.2 Å². The number of rotatable bonds is 10. The van der Waals surface area contributed by atoms with Crippen molar-refractivity contribution in [1.82, 2.24) is 10.2 Å². The SMILES string of the molecule is CCC(C(=O)NC(C)C)N(Cc1ccc(Cl)cc1Cl)C(=O)CSCc1ccccc1F. The van der Waals surface area contributed by atoms with Crippen LogP contribution in [0.2, 0.25) is 10.0 Å². The smallest absolute Gasteiger partial charge is 0.243 e. The number of carbonyl (C=O) groups excluding carboxylic acids is 2. The summed E-state index contributed by atoms with van der Waals surface area (Å²) in [5, 5.41) is 3.82. The predicted octanol–water partition coefficient (Wildman–Crippen LogP) is 5.70. The van der Waals surface area contributed by atoms with Gasteiger partial charge in [0, 0.05) is 28.4 Å². The van der Waals surface area contributed by atoms with Crippen molar-refractivity contribution in [2.45, 2.75) is 51.6 Å². The van der Waals surface area contributed by atoms with Gasteiger partial charge in [0.2, 0.25) is 11.8 Å². The maximum Gasteiger partial charge on any atom is 0.243 e. The summed E-state index contributed by atoms with van der Waals surface area (Å²) < 4.78 is 13.9. The minimum absolute atomic E-state index is 0.0481. The van der Waals surface area contributed by atoms with Gasteiger partial charge in [-0.1, -0.05) is 54.4 Å². The topological polar surface area (TPSA) is 49.4 Å². The first-order valence-corrected chi connectivity index (χ1v) is 12.0. The zero-order valence-electron chi connectivity index (χ0n) is 17.8. The third kappa shape index (κ3) is 7.70. The average molecular weight is 485 g/mol. The molecule has 0 fully saturated rings. The summed E-state index contributed by atoms with van der Waals surface area (Å²) in [4.78, 5) is 27.5. The Labute approximate surface area is 197 Å². The molecule has 0 radical (unpaired) electrons. The first kappa shape index (κ1) is 25.5. The van der Waals surface area contributed by atoms with Crippen LogP contribution in [0.3, 0.4) is 0 Å². The van der Waals surface area contributed by atoms with E-state index in [1.54, 1.807) is 41.3 Å². The van der Waals surface area contributed by atoms with E-state index in [2.05, 4.69) is 5.32 Å². The van der Waals surface area contributed by atoms with E-state index in [9.17, 15) is 14.0 Å². The fraction of sp³-hybridized carbons (Fsp3) is 0.391. The maximum absolute atomic E-state index is 13.9. The summed E-state index contributed by atoms with van der Waals surface area (Å²) in [5.74, 6) is -0.239. The molecule has 4 nitrogen and oxygen atoms in total. The first-order chi connectivity index (χ1) is 14.7. The minimum atomic E-state index is -0.643. The van der Waals surface area contributed by atoms with Crippen LogP contribution in [0.15, 0.2) is 42.5 Å². The standard InChI is InChI=1S/C23H27Cl2FN2O2S/c1-4-21(23(30)27-15(2)3)28(12-16-9-10-18(24)11-19(16)25)22(29)14-31-13-17-7-5-6-8-20(17)26/h5-11,15,21H,4,12-14H2,1-3H3,(H,27,30). The second-order valence-electron chi connectivity index (χ2n) is 7.43. The lowest BCUT2D eigenvalue weighted by atomic mass is 10.1. The molecule has 2 aromatic rings. The molecule has 0 aromatic heterocycles. The Bertz CT molecular complexity index is 911. The van der Waals surface area contributed by atoms with E-state index >= 15 is 0 Å². The van der Waals surface area contributed by atoms with E-state index < -0.39 is 6.04 Å². The fourth-order valence-corrected chi connectivity index (χ4v) is 4.45. The zero-order valence-corrected chi connectivity index (χ0v) is 20.2. The molecule has 2 amide bonds. The number of nitrogens with one attached hydrogen (secondary N) is 1. The van der Waals surface area contributed by atoms with Crippen molar-refractivity contribution < 1.29 is 14.0 Å². The van der Waals surface area contributed by atoms with Gasteiger partial charge in [-0.25, -0.2) is 4.39 Å². The van der Waals surface area contributed by atoms with Crippen molar-refractivity contribution in [3.63, 3.8) is 0 Å². The van der Waals surface area contributed by atoms with Crippen molar-refractivity contribution in [2.75, 3.05) is 5.75 Å². The van der Waals surface area contributed by atoms with Crippen LogP contribution in [0.1, 0.15) is 38.3 Å². The number of hydrogen-bond donors (Lipinski definition) is 1. The highest BCUT2D eigenvalue weighted by Gasteiger charge is 2.29. The lowest BCUT2D eigenvalue weighted by Crippen LogP contribution is -2.51. The average Bonchev–Trinajstić information content (AvgIpc) is 2.70. The van der Waals surface area contributed by atoms with Crippen molar-refractivity contribution in [3.05, 3.63) is 69.5 Å². The quantitative estimate of drug-likeness (QED) is 0.470. The van der Waals surface area contributed by atoms with Crippen LogP contribution in [0, 0.1) is 5.82 Å². The fourth-order valence-electron chi connectivity index (χ4n) is 3.08. The summed E-state index contributed by atoms with van der Waals surface area (Å²) in [6.45, 7) is 5.79. The Balaban J connectivity index is 2.19. The monoisotopic (exact) mass is 484 g/mol. The van der Waals surface area contributed by atoms with Gasteiger partial charge < -0.3 is 10.2 Å². The highest BCUT2D eigenvalue weighted by atomic mass is 35.5. The first-order valence-electron chi connectivity index (χ1n) is 10.1. The second-order valence-corrected chi connectivity index (χ2v) is 9.26. The Morgan fingerprint density at radius 3 is 2.45 bits per heavy atom. The van der Waals surface area contributed by atoms with Gasteiger partial charge in [-0.05, 0) is 49.6 Å². The van der Waals surface area contributed by atoms with Gasteiger partial charge in [-0.2, -0.15) is 0 Å². The normalized spacial score (nSPS) is 12.0. The van der Waals surface area contributed by atoms with Crippen molar-refractivity contribution >= 4 is 46.8 Å².